The van der Waals surface area contributed by atoms with Crippen LogP contribution in [0.15, 0.2) is 18.2 Å². The van der Waals surface area contributed by atoms with E-state index in [1.165, 1.54) is 6.07 Å². The van der Waals surface area contributed by atoms with Crippen molar-refractivity contribution >= 4 is 33.1 Å². The summed E-state index contributed by atoms with van der Waals surface area (Å²) in [6.45, 7) is 1.81. The molecule has 0 fully saturated rings. The number of sulfone groups is 1. The van der Waals surface area contributed by atoms with Gasteiger partial charge in [-0.25, -0.2) is 8.42 Å². The van der Waals surface area contributed by atoms with Gasteiger partial charge in [0.15, 0.2) is 9.84 Å². The van der Waals surface area contributed by atoms with Crippen molar-refractivity contribution in [1.29, 1.82) is 0 Å². The second kappa shape index (κ2) is 6.38. The molecule has 0 saturated heterocycles. The molecule has 0 aliphatic rings. The lowest BCUT2D eigenvalue weighted by Gasteiger charge is -2.07. The summed E-state index contributed by atoms with van der Waals surface area (Å²) in [6, 6.07) is 4.84. The van der Waals surface area contributed by atoms with Crippen molar-refractivity contribution in [3.63, 3.8) is 0 Å². The van der Waals surface area contributed by atoms with Gasteiger partial charge in [-0.15, -0.1) is 0 Å². The van der Waals surface area contributed by atoms with Gasteiger partial charge in [0.1, 0.15) is 11.5 Å². The van der Waals surface area contributed by atoms with Crippen molar-refractivity contribution in [3.05, 3.63) is 23.8 Å². The average molecular weight is 300 g/mol. The van der Waals surface area contributed by atoms with E-state index in [4.69, 9.17) is 5.73 Å². The largest absolute Gasteiger partial charge is 0.468 e. The van der Waals surface area contributed by atoms with Gasteiger partial charge in [-0.2, -0.15) is 0 Å². The summed E-state index contributed by atoms with van der Waals surface area (Å²) in [4.78, 5) is 22.5. The third-order valence-corrected chi connectivity index (χ3v) is 3.86. The Balaban J connectivity index is 2.68. The van der Waals surface area contributed by atoms with E-state index in [1.54, 1.807) is 12.1 Å². The predicted octanol–water partition coefficient (Wildman–Crippen LogP) is 0.104. The number of nitrogens with one attached hydrogen (secondary N) is 1. The Hall–Kier alpha value is -2.09. The van der Waals surface area contributed by atoms with Crippen LogP contribution in [0.4, 0.5) is 11.4 Å². The number of hydrogen-bond acceptors (Lipinski definition) is 6. The van der Waals surface area contributed by atoms with Crippen molar-refractivity contribution in [1.82, 2.24) is 0 Å². The maximum absolute atomic E-state index is 11.6. The highest BCUT2D eigenvalue weighted by Gasteiger charge is 2.21. The molecule has 8 heteroatoms. The number of amides is 1. The standard InChI is InChI=1S/C12H16N2O5S/c1-8-3-4-9(5-10(8)13)14-11(15)6-20(17,18)7-12(16)19-2/h3-5H,6-7,13H2,1-2H3,(H,14,15). The van der Waals surface area contributed by atoms with Crippen LogP contribution in [0.2, 0.25) is 0 Å². The molecule has 1 aromatic carbocycles. The lowest BCUT2D eigenvalue weighted by atomic mass is 10.2. The van der Waals surface area contributed by atoms with E-state index in [9.17, 15) is 18.0 Å². The first kappa shape index (κ1) is 16.0. The van der Waals surface area contributed by atoms with Crippen LogP contribution < -0.4 is 11.1 Å². The number of nitrogens with two attached hydrogens (primary N) is 1. The van der Waals surface area contributed by atoms with Gasteiger partial charge in [-0.1, -0.05) is 6.07 Å². The summed E-state index contributed by atoms with van der Waals surface area (Å²) < 4.78 is 27.3. The number of anilines is 2. The average Bonchev–Trinajstić information content (AvgIpc) is 2.32. The second-order valence-electron chi connectivity index (χ2n) is 4.23. The first-order valence-corrected chi connectivity index (χ1v) is 7.49. The summed E-state index contributed by atoms with van der Waals surface area (Å²) >= 11 is 0. The molecule has 3 N–H and O–H groups in total. The van der Waals surface area contributed by atoms with Crippen LogP contribution in [0.3, 0.4) is 0 Å². The van der Waals surface area contributed by atoms with Crippen molar-refractivity contribution in [2.45, 2.75) is 6.92 Å². The molecule has 1 aromatic rings. The van der Waals surface area contributed by atoms with Gasteiger partial charge >= 0.3 is 5.97 Å². The smallest absolute Gasteiger partial charge is 0.320 e. The molecule has 1 amide bonds. The molecule has 0 unspecified atom stereocenters. The number of rotatable bonds is 5. The molecule has 0 spiro atoms. The Morgan fingerprint density at radius 3 is 2.50 bits per heavy atom. The molecule has 7 nitrogen and oxygen atoms in total. The fourth-order valence-electron chi connectivity index (χ4n) is 1.40. The molecular formula is C12H16N2O5S. The topological polar surface area (TPSA) is 116 Å². The van der Waals surface area contributed by atoms with E-state index in [-0.39, 0.29) is 0 Å². The summed E-state index contributed by atoms with van der Waals surface area (Å²) in [5, 5.41) is 2.41. The predicted molar refractivity (Wildman–Crippen MR) is 74.9 cm³/mol. The molecule has 1 rings (SSSR count). The van der Waals surface area contributed by atoms with E-state index in [1.807, 2.05) is 6.92 Å². The number of carbonyl (C=O) groups is 2. The SMILES string of the molecule is COC(=O)CS(=O)(=O)CC(=O)Nc1ccc(C)c(N)c1. The van der Waals surface area contributed by atoms with Gasteiger partial charge in [-0.05, 0) is 24.6 Å². The lowest BCUT2D eigenvalue weighted by Crippen LogP contribution is -2.28. The molecule has 0 aliphatic heterocycles. The van der Waals surface area contributed by atoms with Crippen LogP contribution >= 0.6 is 0 Å². The first-order valence-electron chi connectivity index (χ1n) is 5.67. The molecule has 0 heterocycles. The van der Waals surface area contributed by atoms with Crippen molar-refractivity contribution < 1.29 is 22.7 Å². The van der Waals surface area contributed by atoms with Crippen molar-refractivity contribution in [3.8, 4) is 0 Å². The third-order valence-electron chi connectivity index (χ3n) is 2.48. The zero-order chi connectivity index (χ0) is 15.3. The molecule has 0 atom stereocenters. The summed E-state index contributed by atoms with van der Waals surface area (Å²) in [6.07, 6.45) is 0. The summed E-state index contributed by atoms with van der Waals surface area (Å²) in [5.74, 6) is -3.27. The number of ether oxygens (including phenoxy) is 1. The van der Waals surface area contributed by atoms with E-state index in [2.05, 4.69) is 10.1 Å². The number of nitrogen functional groups attached to an aromatic ring is 1. The highest BCUT2D eigenvalue weighted by Crippen LogP contribution is 2.16. The van der Waals surface area contributed by atoms with Gasteiger partial charge in [0.25, 0.3) is 0 Å². The molecule has 0 aromatic heterocycles. The minimum absolute atomic E-state index is 0.395. The first-order chi connectivity index (χ1) is 9.23. The summed E-state index contributed by atoms with van der Waals surface area (Å²) in [7, 11) is -2.77. The molecule has 110 valence electrons. The number of aryl methyl sites for hydroxylation is 1. The Labute approximate surface area is 117 Å². The van der Waals surface area contributed by atoms with Crippen LogP contribution in [0.1, 0.15) is 5.56 Å². The maximum Gasteiger partial charge on any atom is 0.320 e. The highest BCUT2D eigenvalue weighted by atomic mass is 32.2. The molecule has 0 saturated carbocycles. The monoisotopic (exact) mass is 300 g/mol. The zero-order valence-electron chi connectivity index (χ0n) is 11.2. The quantitative estimate of drug-likeness (QED) is 0.588. The lowest BCUT2D eigenvalue weighted by molar-refractivity contribution is -0.137. The van der Waals surface area contributed by atoms with Crippen LogP contribution in [-0.4, -0.2) is 38.9 Å². The van der Waals surface area contributed by atoms with E-state index >= 15 is 0 Å². The third kappa shape index (κ3) is 4.88. The molecule has 20 heavy (non-hydrogen) atoms. The Morgan fingerprint density at radius 2 is 1.95 bits per heavy atom. The molecular weight excluding hydrogens is 284 g/mol. The van der Waals surface area contributed by atoms with Gasteiger partial charge < -0.3 is 15.8 Å². The minimum Gasteiger partial charge on any atom is -0.468 e. The Kier molecular flexibility index (Phi) is 5.09. The van der Waals surface area contributed by atoms with Crippen LogP contribution in [0.25, 0.3) is 0 Å². The minimum atomic E-state index is -3.85. The van der Waals surface area contributed by atoms with Gasteiger partial charge in [0, 0.05) is 11.4 Å². The van der Waals surface area contributed by atoms with Crippen molar-refractivity contribution in [2.24, 2.45) is 0 Å². The number of carbonyl (C=O) groups excluding carboxylic acids is 2. The molecule has 0 bridgehead atoms. The Bertz CT molecular complexity index is 625. The Morgan fingerprint density at radius 1 is 1.30 bits per heavy atom. The number of esters is 1. The number of hydrogen-bond donors (Lipinski definition) is 2. The second-order valence-corrected chi connectivity index (χ2v) is 6.29. The molecule has 0 radical (unpaired) electrons. The summed E-state index contributed by atoms with van der Waals surface area (Å²) in [5.41, 5.74) is 7.41. The van der Waals surface area contributed by atoms with Crippen LogP contribution in [0.5, 0.6) is 0 Å². The number of benzene rings is 1. The van der Waals surface area contributed by atoms with Gasteiger partial charge in [0.05, 0.1) is 7.11 Å². The number of methoxy groups -OCH3 is 1. The fraction of sp³-hybridized carbons (Fsp3) is 0.333. The van der Waals surface area contributed by atoms with E-state index in [0.717, 1.165) is 12.7 Å². The van der Waals surface area contributed by atoms with E-state index in [0.29, 0.717) is 11.4 Å². The van der Waals surface area contributed by atoms with Crippen molar-refractivity contribution in [2.75, 3.05) is 29.7 Å². The highest BCUT2D eigenvalue weighted by molar-refractivity contribution is 7.92. The van der Waals surface area contributed by atoms with Gasteiger partial charge in [0.2, 0.25) is 5.91 Å². The van der Waals surface area contributed by atoms with Crippen LogP contribution in [0, 0.1) is 6.92 Å². The van der Waals surface area contributed by atoms with E-state index < -0.39 is 33.2 Å². The fourth-order valence-corrected chi connectivity index (χ4v) is 2.46. The molecule has 0 aliphatic carbocycles. The van der Waals surface area contributed by atoms with Gasteiger partial charge in [-0.3, -0.25) is 9.59 Å². The van der Waals surface area contributed by atoms with Crippen LogP contribution in [-0.2, 0) is 24.2 Å². The maximum atomic E-state index is 11.6. The zero-order valence-corrected chi connectivity index (χ0v) is 12.0. The normalized spacial score (nSPS) is 10.9.